The average Bonchev–Trinajstić information content (AvgIpc) is 2.83. The smallest absolute Gasteiger partial charge is 0.248 e. The molecular weight excluding hydrogens is 215 g/mol. The number of rotatable bonds is 1. The van der Waals surface area contributed by atoms with E-state index in [1.165, 1.54) is 4.85 Å². The van der Waals surface area contributed by atoms with Crippen molar-refractivity contribution in [2.24, 2.45) is 0 Å². The van der Waals surface area contributed by atoms with Gasteiger partial charge in [-0.3, -0.25) is 5.10 Å². The zero-order valence-electron chi connectivity index (χ0n) is 8.27. The number of nitrogens with one attached hydrogen (secondary N) is 2. The Morgan fingerprint density at radius 3 is 3.13 bits per heavy atom. The zero-order valence-corrected chi connectivity index (χ0v) is 9.27. The Kier molecular flexibility index (Phi) is 1.70. The van der Waals surface area contributed by atoms with Gasteiger partial charge in [-0.2, -0.15) is 0 Å². The monoisotopic (exact) mass is 225 g/mol. The second-order valence-corrected chi connectivity index (χ2v) is 5.49. The fraction of sp³-hybridized carbons (Fsp3) is 0.286. The fourth-order valence-corrected chi connectivity index (χ4v) is 3.45. The normalized spacial score (nSPS) is 17.9. The Morgan fingerprint density at radius 1 is 1.47 bits per heavy atom. The Labute approximate surface area is 85.1 Å². The molecule has 0 spiro atoms. The summed E-state index contributed by atoms with van der Waals surface area (Å²) in [5.41, 5.74) is 1.98. The molecule has 2 N–H and O–H groups in total. The summed E-state index contributed by atoms with van der Waals surface area (Å²) in [6, 6.07) is 0. The van der Waals surface area contributed by atoms with E-state index in [1.807, 2.05) is 6.08 Å². The first kappa shape index (κ1) is 8.67. The van der Waals surface area contributed by atoms with Crippen LogP contribution in [0.3, 0.4) is 0 Å². The summed E-state index contributed by atoms with van der Waals surface area (Å²) in [5.74, 6) is 0. The first-order valence-corrected chi connectivity index (χ1v) is 6.46. The van der Waals surface area contributed by atoms with Crippen molar-refractivity contribution in [1.29, 1.82) is 0 Å². The van der Waals surface area contributed by atoms with E-state index < -0.39 is 7.55 Å². The third-order valence-corrected chi connectivity index (χ3v) is 4.67. The first-order valence-electron chi connectivity index (χ1n) is 4.46. The molecule has 0 radical (unpaired) electrons. The molecule has 0 aliphatic carbocycles. The minimum atomic E-state index is -0.908. The van der Waals surface area contributed by atoms with Crippen molar-refractivity contribution in [2.75, 3.05) is 13.8 Å². The van der Waals surface area contributed by atoms with Gasteiger partial charge in [0, 0.05) is 6.08 Å². The molecule has 1 aliphatic rings. The lowest BCUT2D eigenvalue weighted by Crippen LogP contribution is -2.55. The quantitative estimate of drug-likeness (QED) is 0.413. The molecule has 15 heavy (non-hydrogen) atoms. The summed E-state index contributed by atoms with van der Waals surface area (Å²) in [4.78, 5) is 6.56. The molecule has 8 heteroatoms. The molecule has 1 atom stereocenters. The van der Waals surface area contributed by atoms with Gasteiger partial charge in [-0.1, -0.05) is 5.21 Å². The summed E-state index contributed by atoms with van der Waals surface area (Å²) >= 11 is 0. The lowest BCUT2D eigenvalue weighted by Gasteiger charge is -1.98. The highest BCUT2D eigenvalue weighted by atomic mass is 31.1. The molecule has 78 valence electrons. The van der Waals surface area contributed by atoms with Gasteiger partial charge in [-0.05, 0) is 14.2 Å². The van der Waals surface area contributed by atoms with Crippen molar-refractivity contribution in [1.82, 2.24) is 25.7 Å². The number of H-pyrrole nitrogens is 2. The highest BCUT2D eigenvalue weighted by Gasteiger charge is 2.19. The van der Waals surface area contributed by atoms with Crippen LogP contribution in [0.15, 0.2) is 0 Å². The molecule has 0 amide bonds. The predicted octanol–water partition coefficient (Wildman–Crippen LogP) is -2.56. The second kappa shape index (κ2) is 2.93. The van der Waals surface area contributed by atoms with Gasteiger partial charge in [0.2, 0.25) is 5.35 Å². The van der Waals surface area contributed by atoms with Gasteiger partial charge in [-0.15, -0.1) is 10.2 Å². The van der Waals surface area contributed by atoms with Crippen molar-refractivity contribution >= 4 is 19.1 Å². The van der Waals surface area contributed by atoms with Crippen LogP contribution in [-0.4, -0.2) is 39.5 Å². The third kappa shape index (κ3) is 1.07. The molecule has 0 fully saturated rings. The van der Waals surface area contributed by atoms with Gasteiger partial charge in [0.05, 0.1) is 10.5 Å². The maximum Gasteiger partial charge on any atom is 0.248 e. The van der Waals surface area contributed by atoms with Crippen molar-refractivity contribution in [2.45, 2.75) is 0 Å². The molecule has 1 aliphatic heterocycles. The molecule has 1 unspecified atom stereocenters. The molecule has 0 bridgehead atoms. The molecule has 0 saturated heterocycles. The molecule has 3 rings (SSSR count). The summed E-state index contributed by atoms with van der Waals surface area (Å²) < 4.78 is 0. The number of hydrogen-bond acceptors (Lipinski definition) is 4. The van der Waals surface area contributed by atoms with Crippen LogP contribution in [-0.2, 0) is 0 Å². The second-order valence-electron chi connectivity index (χ2n) is 3.27. The SMILES string of the molecule is CO[n+]1n[nH]c2c1=Cc1[nH]nnc1[PH]=2C. The molecule has 2 aromatic heterocycles. The van der Waals surface area contributed by atoms with E-state index in [9.17, 15) is 0 Å². The minimum absolute atomic E-state index is 0.908. The average molecular weight is 225 g/mol. The zero-order chi connectivity index (χ0) is 10.4. The Bertz CT molecular complexity index is 641. The molecule has 0 aromatic carbocycles. The van der Waals surface area contributed by atoms with Crippen LogP contribution in [0.2, 0.25) is 0 Å². The van der Waals surface area contributed by atoms with E-state index in [0.717, 1.165) is 21.5 Å². The highest BCUT2D eigenvalue weighted by molar-refractivity contribution is 7.57. The highest BCUT2D eigenvalue weighted by Crippen LogP contribution is 2.20. The Balaban J connectivity index is 2.46. The van der Waals surface area contributed by atoms with Crippen LogP contribution in [0.1, 0.15) is 5.69 Å². The maximum atomic E-state index is 5.10. The van der Waals surface area contributed by atoms with Crippen molar-refractivity contribution in [3.8, 4) is 0 Å². The van der Waals surface area contributed by atoms with Crippen LogP contribution in [0.25, 0.3) is 6.08 Å². The lowest BCUT2D eigenvalue weighted by atomic mass is 10.4. The van der Waals surface area contributed by atoms with Gasteiger partial charge in [0.1, 0.15) is 17.8 Å². The largest absolute Gasteiger partial charge is 0.318 e. The van der Waals surface area contributed by atoms with Crippen LogP contribution in [0, 0.1) is 5.07 Å². The van der Waals surface area contributed by atoms with Gasteiger partial charge < -0.3 is 4.84 Å². The molecule has 2 aromatic rings. The Morgan fingerprint density at radius 2 is 2.33 bits per heavy atom. The van der Waals surface area contributed by atoms with Gasteiger partial charge in [0.25, 0.3) is 0 Å². The number of nitrogens with zero attached hydrogens (tertiary/aromatic N) is 4. The number of fused-ring (bicyclic) bond motifs is 2. The van der Waals surface area contributed by atoms with Crippen molar-refractivity contribution in [3.05, 3.63) is 16.1 Å². The topological polar surface area (TPSA) is 83.4 Å². The van der Waals surface area contributed by atoms with E-state index in [4.69, 9.17) is 4.84 Å². The van der Waals surface area contributed by atoms with E-state index in [0.29, 0.717) is 0 Å². The van der Waals surface area contributed by atoms with E-state index in [-0.39, 0.29) is 0 Å². The maximum absolute atomic E-state index is 5.10. The van der Waals surface area contributed by atoms with Gasteiger partial charge in [-0.25, -0.2) is 0 Å². The van der Waals surface area contributed by atoms with Gasteiger partial charge >= 0.3 is 0 Å². The van der Waals surface area contributed by atoms with Crippen LogP contribution >= 0.6 is 7.55 Å². The molecule has 0 saturated carbocycles. The van der Waals surface area contributed by atoms with Crippen molar-refractivity contribution < 1.29 is 9.68 Å². The van der Waals surface area contributed by atoms with E-state index in [1.54, 1.807) is 7.11 Å². The third-order valence-electron chi connectivity index (χ3n) is 2.47. The molecule has 7 nitrogen and oxygen atoms in total. The van der Waals surface area contributed by atoms with Crippen LogP contribution < -0.4 is 20.5 Å². The van der Waals surface area contributed by atoms with E-state index in [2.05, 4.69) is 32.4 Å². The summed E-state index contributed by atoms with van der Waals surface area (Å²) in [7, 11) is 0.673. The van der Waals surface area contributed by atoms with Crippen LogP contribution in [0.5, 0.6) is 0 Å². The van der Waals surface area contributed by atoms with E-state index >= 15 is 0 Å². The van der Waals surface area contributed by atoms with Crippen molar-refractivity contribution in [3.63, 3.8) is 0 Å². The summed E-state index contributed by atoms with van der Waals surface area (Å²) in [6.07, 6.45) is 1.94. The number of aromatic nitrogens is 6. The minimum Gasteiger partial charge on any atom is -0.318 e. The standard InChI is InChI=1S/C7H9N6OP/c1-14-13-5-3-4-6(9-11-8-4)15(2)7(5)10-12-13/h3,15H,1-2H3,(H,8,9,11,12)/p+1. The lowest BCUT2D eigenvalue weighted by molar-refractivity contribution is -0.938. The Hall–Kier alpha value is -1.62. The summed E-state index contributed by atoms with van der Waals surface area (Å²) in [5, 5.41) is 19.8. The number of aromatic amines is 2. The number of hydrogen-bond donors (Lipinski definition) is 2. The predicted molar refractivity (Wildman–Crippen MR) is 53.6 cm³/mol. The molecule has 3 heterocycles. The van der Waals surface area contributed by atoms with Crippen LogP contribution in [0.4, 0.5) is 0 Å². The first-order chi connectivity index (χ1) is 7.31. The fourth-order valence-electron chi connectivity index (χ4n) is 1.71. The van der Waals surface area contributed by atoms with Gasteiger partial charge in [0.15, 0.2) is 5.07 Å². The molecular formula is C7H10N6OP+. The summed E-state index contributed by atoms with van der Waals surface area (Å²) in [6.45, 7) is 2.15.